The minimum Gasteiger partial charge on any atom is -0.198 e. The molecule has 0 radical (unpaired) electrons. The van der Waals surface area contributed by atoms with Crippen LogP contribution >= 0.6 is 11.8 Å². The second kappa shape index (κ2) is 6.17. The number of tetrazole rings is 1. The molecule has 1 unspecified atom stereocenters. The van der Waals surface area contributed by atoms with Gasteiger partial charge in [-0.2, -0.15) is 9.94 Å². The van der Waals surface area contributed by atoms with Crippen molar-refractivity contribution in [3.05, 3.63) is 30.3 Å². The van der Waals surface area contributed by atoms with E-state index in [0.717, 1.165) is 17.3 Å². The summed E-state index contributed by atoms with van der Waals surface area (Å²) in [6.45, 7) is 2.06. The monoisotopic (exact) mass is 259 g/mol. The van der Waals surface area contributed by atoms with Gasteiger partial charge in [-0.05, 0) is 29.0 Å². The molecule has 0 aliphatic heterocycles. The highest BCUT2D eigenvalue weighted by atomic mass is 32.2. The van der Waals surface area contributed by atoms with Gasteiger partial charge in [-0.1, -0.05) is 36.9 Å². The van der Waals surface area contributed by atoms with Crippen LogP contribution in [0.25, 0.3) is 5.69 Å². The van der Waals surface area contributed by atoms with Gasteiger partial charge < -0.3 is 0 Å². The molecule has 6 heteroatoms. The number of aromatic nitrogens is 4. The van der Waals surface area contributed by atoms with E-state index in [-0.39, 0.29) is 5.25 Å². The standard InChI is InChI=1S/C12H13N5S/c1-2-11(8-9-13)18-12-14-15-16-17(12)10-6-4-3-5-7-10/h3-7,11H,2,8H2,1H3. The van der Waals surface area contributed by atoms with Crippen molar-refractivity contribution >= 4 is 11.8 Å². The lowest BCUT2D eigenvalue weighted by Crippen LogP contribution is -2.04. The molecule has 0 saturated carbocycles. The molecule has 1 aromatic carbocycles. The summed E-state index contributed by atoms with van der Waals surface area (Å²) in [6.07, 6.45) is 1.42. The quantitative estimate of drug-likeness (QED) is 0.771. The predicted molar refractivity (Wildman–Crippen MR) is 69.3 cm³/mol. The van der Waals surface area contributed by atoms with E-state index in [4.69, 9.17) is 5.26 Å². The van der Waals surface area contributed by atoms with Gasteiger partial charge in [-0.3, -0.25) is 0 Å². The SMILES string of the molecule is CCC(CC#N)Sc1nnnn1-c1ccccc1. The molecule has 0 amide bonds. The molecule has 2 rings (SSSR count). The summed E-state index contributed by atoms with van der Waals surface area (Å²) in [4.78, 5) is 0. The molecule has 18 heavy (non-hydrogen) atoms. The number of nitriles is 1. The number of rotatable bonds is 5. The largest absolute Gasteiger partial charge is 0.214 e. The van der Waals surface area contributed by atoms with Crippen molar-refractivity contribution < 1.29 is 0 Å². The van der Waals surface area contributed by atoms with E-state index in [1.165, 1.54) is 0 Å². The van der Waals surface area contributed by atoms with Crippen molar-refractivity contribution in [2.75, 3.05) is 0 Å². The molecule has 0 bridgehead atoms. The molecule has 0 fully saturated rings. The smallest absolute Gasteiger partial charge is 0.198 e. The summed E-state index contributed by atoms with van der Waals surface area (Å²) in [5, 5.41) is 21.4. The van der Waals surface area contributed by atoms with E-state index in [1.54, 1.807) is 16.4 Å². The van der Waals surface area contributed by atoms with Gasteiger partial charge >= 0.3 is 0 Å². The van der Waals surface area contributed by atoms with Crippen LogP contribution in [0.3, 0.4) is 0 Å². The minimum absolute atomic E-state index is 0.225. The Morgan fingerprint density at radius 2 is 2.17 bits per heavy atom. The highest BCUT2D eigenvalue weighted by Gasteiger charge is 2.14. The molecule has 0 saturated heterocycles. The number of hydrogen-bond donors (Lipinski definition) is 0. The normalized spacial score (nSPS) is 12.0. The molecule has 1 aromatic heterocycles. The van der Waals surface area contributed by atoms with Crippen LogP contribution in [0.2, 0.25) is 0 Å². The first-order valence-corrected chi connectivity index (χ1v) is 6.60. The van der Waals surface area contributed by atoms with E-state index >= 15 is 0 Å². The molecular formula is C12H13N5S. The van der Waals surface area contributed by atoms with Gasteiger partial charge in [0.2, 0.25) is 5.16 Å². The van der Waals surface area contributed by atoms with Gasteiger partial charge in [0, 0.05) is 11.7 Å². The van der Waals surface area contributed by atoms with Crippen LogP contribution in [-0.2, 0) is 0 Å². The third-order valence-electron chi connectivity index (χ3n) is 2.49. The topological polar surface area (TPSA) is 67.4 Å². The summed E-state index contributed by atoms with van der Waals surface area (Å²) in [7, 11) is 0. The van der Waals surface area contributed by atoms with E-state index in [2.05, 4.69) is 28.5 Å². The first-order valence-electron chi connectivity index (χ1n) is 5.72. The second-order valence-corrected chi connectivity index (χ2v) is 4.99. The van der Waals surface area contributed by atoms with E-state index in [0.29, 0.717) is 6.42 Å². The Morgan fingerprint density at radius 1 is 1.39 bits per heavy atom. The molecule has 1 heterocycles. The van der Waals surface area contributed by atoms with Crippen molar-refractivity contribution in [1.29, 1.82) is 5.26 Å². The van der Waals surface area contributed by atoms with Crippen LogP contribution in [0.1, 0.15) is 19.8 Å². The lowest BCUT2D eigenvalue weighted by Gasteiger charge is -2.09. The fourth-order valence-corrected chi connectivity index (χ4v) is 2.45. The zero-order chi connectivity index (χ0) is 12.8. The summed E-state index contributed by atoms with van der Waals surface area (Å²) >= 11 is 1.55. The number of para-hydroxylation sites is 1. The van der Waals surface area contributed by atoms with Gasteiger partial charge in [0.1, 0.15) is 0 Å². The number of hydrogen-bond acceptors (Lipinski definition) is 5. The Morgan fingerprint density at radius 3 is 2.83 bits per heavy atom. The maximum atomic E-state index is 8.76. The van der Waals surface area contributed by atoms with Crippen LogP contribution < -0.4 is 0 Å². The van der Waals surface area contributed by atoms with Gasteiger partial charge in [0.05, 0.1) is 11.8 Å². The average Bonchev–Trinajstić information content (AvgIpc) is 2.87. The van der Waals surface area contributed by atoms with Crippen LogP contribution in [0.4, 0.5) is 0 Å². The zero-order valence-corrected chi connectivity index (χ0v) is 10.8. The van der Waals surface area contributed by atoms with Crippen molar-refractivity contribution in [3.63, 3.8) is 0 Å². The zero-order valence-electron chi connectivity index (χ0n) is 10.0. The number of thioether (sulfide) groups is 1. The lowest BCUT2D eigenvalue weighted by molar-refractivity contribution is 0.750. The van der Waals surface area contributed by atoms with E-state index in [9.17, 15) is 0 Å². The molecule has 0 spiro atoms. The highest BCUT2D eigenvalue weighted by Crippen LogP contribution is 2.26. The summed E-state index contributed by atoms with van der Waals surface area (Å²) in [6, 6.07) is 11.9. The second-order valence-electron chi connectivity index (χ2n) is 3.72. The minimum atomic E-state index is 0.225. The molecule has 0 N–H and O–H groups in total. The molecule has 0 aliphatic rings. The van der Waals surface area contributed by atoms with Gasteiger partial charge in [0.15, 0.2) is 0 Å². The van der Waals surface area contributed by atoms with Crippen molar-refractivity contribution in [2.24, 2.45) is 0 Å². The molecule has 5 nitrogen and oxygen atoms in total. The summed E-state index contributed by atoms with van der Waals surface area (Å²) in [5.41, 5.74) is 0.928. The first-order chi connectivity index (χ1) is 8.85. The van der Waals surface area contributed by atoms with Crippen LogP contribution in [0, 0.1) is 11.3 Å². The highest BCUT2D eigenvalue weighted by molar-refractivity contribution is 7.99. The summed E-state index contributed by atoms with van der Waals surface area (Å²) in [5.74, 6) is 0. The summed E-state index contributed by atoms with van der Waals surface area (Å²) < 4.78 is 1.70. The Bertz CT molecular complexity index is 531. The van der Waals surface area contributed by atoms with Crippen LogP contribution in [-0.4, -0.2) is 25.5 Å². The van der Waals surface area contributed by atoms with E-state index < -0.39 is 0 Å². The van der Waals surface area contributed by atoms with Crippen molar-refractivity contribution in [3.8, 4) is 11.8 Å². The Labute approximate surface area is 110 Å². The van der Waals surface area contributed by atoms with Crippen molar-refractivity contribution in [2.45, 2.75) is 30.2 Å². The molecule has 0 aliphatic carbocycles. The Hall–Kier alpha value is -1.87. The van der Waals surface area contributed by atoms with Gasteiger partial charge in [0.25, 0.3) is 0 Å². The fourth-order valence-electron chi connectivity index (χ4n) is 1.50. The van der Waals surface area contributed by atoms with Crippen LogP contribution in [0.15, 0.2) is 35.5 Å². The fraction of sp³-hybridized carbons (Fsp3) is 0.333. The maximum absolute atomic E-state index is 8.76. The van der Waals surface area contributed by atoms with Crippen LogP contribution in [0.5, 0.6) is 0 Å². The average molecular weight is 259 g/mol. The van der Waals surface area contributed by atoms with Crippen molar-refractivity contribution in [1.82, 2.24) is 20.2 Å². The lowest BCUT2D eigenvalue weighted by atomic mass is 10.3. The number of benzene rings is 1. The number of nitrogens with zero attached hydrogens (tertiary/aromatic N) is 5. The van der Waals surface area contributed by atoms with E-state index in [1.807, 2.05) is 30.3 Å². The molecule has 92 valence electrons. The molecule has 1 atom stereocenters. The third kappa shape index (κ3) is 2.87. The van der Waals surface area contributed by atoms with Gasteiger partial charge in [-0.25, -0.2) is 0 Å². The third-order valence-corrected chi connectivity index (χ3v) is 3.79. The Balaban J connectivity index is 2.21. The predicted octanol–water partition coefficient (Wildman–Crippen LogP) is 2.45. The van der Waals surface area contributed by atoms with Gasteiger partial charge in [-0.15, -0.1) is 5.10 Å². The first kappa shape index (κ1) is 12.6. The maximum Gasteiger partial charge on any atom is 0.214 e. The molecule has 2 aromatic rings. The molecular weight excluding hydrogens is 246 g/mol. The Kier molecular flexibility index (Phi) is 4.31.